The Labute approximate surface area is 107 Å². The van der Waals surface area contributed by atoms with Crippen molar-refractivity contribution in [1.82, 2.24) is 10.2 Å². The molecule has 0 radical (unpaired) electrons. The highest BCUT2D eigenvalue weighted by Gasteiger charge is 2.22. The summed E-state index contributed by atoms with van der Waals surface area (Å²) in [4.78, 5) is 14.1. The Kier molecular flexibility index (Phi) is 4.02. The van der Waals surface area contributed by atoms with E-state index in [1.165, 1.54) is 0 Å². The summed E-state index contributed by atoms with van der Waals surface area (Å²) in [5, 5.41) is 3.96. The molecule has 0 spiro atoms. The van der Waals surface area contributed by atoms with E-state index >= 15 is 0 Å². The Morgan fingerprint density at radius 3 is 3.12 bits per heavy atom. The molecule has 2 rings (SSSR count). The molecule has 1 atom stereocenters. The molecule has 4 heteroatoms. The zero-order valence-corrected chi connectivity index (χ0v) is 10.7. The van der Waals surface area contributed by atoms with Gasteiger partial charge in [-0.3, -0.25) is 4.79 Å². The van der Waals surface area contributed by atoms with Gasteiger partial charge in [0.05, 0.1) is 6.42 Å². The third-order valence-corrected chi connectivity index (χ3v) is 3.30. The summed E-state index contributed by atoms with van der Waals surface area (Å²) in [5.74, 6) is 0.182. The molecule has 3 nitrogen and oxygen atoms in total. The second kappa shape index (κ2) is 5.52. The predicted octanol–water partition coefficient (Wildman–Crippen LogP) is 1.70. The van der Waals surface area contributed by atoms with Crippen molar-refractivity contribution in [1.29, 1.82) is 0 Å². The van der Waals surface area contributed by atoms with E-state index in [9.17, 15) is 4.79 Å². The molecule has 1 aromatic carbocycles. The second-order valence-electron chi connectivity index (χ2n) is 4.45. The number of amides is 1. The maximum Gasteiger partial charge on any atom is 0.227 e. The van der Waals surface area contributed by atoms with Gasteiger partial charge in [0.1, 0.15) is 0 Å². The number of hydrogen-bond acceptors (Lipinski definition) is 2. The zero-order chi connectivity index (χ0) is 12.3. The molecule has 92 valence electrons. The van der Waals surface area contributed by atoms with Gasteiger partial charge in [0, 0.05) is 30.7 Å². The molecule has 1 aromatic rings. The van der Waals surface area contributed by atoms with Gasteiger partial charge in [-0.05, 0) is 24.6 Å². The van der Waals surface area contributed by atoms with Crippen LogP contribution in [0.3, 0.4) is 0 Å². The maximum atomic E-state index is 12.1. The average Bonchev–Trinajstić information content (AvgIpc) is 2.29. The van der Waals surface area contributed by atoms with Gasteiger partial charge in [-0.15, -0.1) is 0 Å². The summed E-state index contributed by atoms with van der Waals surface area (Å²) >= 11 is 5.91. The smallest absolute Gasteiger partial charge is 0.227 e. The summed E-state index contributed by atoms with van der Waals surface area (Å²) in [5.41, 5.74) is 0.980. The van der Waals surface area contributed by atoms with E-state index < -0.39 is 0 Å². The van der Waals surface area contributed by atoms with E-state index in [0.29, 0.717) is 11.4 Å². The molecule has 0 bridgehead atoms. The van der Waals surface area contributed by atoms with Crippen LogP contribution in [0, 0.1) is 0 Å². The van der Waals surface area contributed by atoms with E-state index in [4.69, 9.17) is 11.6 Å². The lowest BCUT2D eigenvalue weighted by atomic mass is 10.1. The quantitative estimate of drug-likeness (QED) is 0.869. The van der Waals surface area contributed by atoms with Crippen molar-refractivity contribution in [2.75, 3.05) is 19.6 Å². The number of nitrogens with zero attached hydrogens (tertiary/aromatic N) is 1. The standard InChI is InChI=1S/C13H17ClN2O/c1-10-9-15-5-6-16(10)13(17)8-11-3-2-4-12(14)7-11/h2-4,7,10,15H,5-6,8-9H2,1H3. The molecule has 1 N–H and O–H groups in total. The zero-order valence-electron chi connectivity index (χ0n) is 9.95. The monoisotopic (exact) mass is 252 g/mol. The van der Waals surface area contributed by atoms with Crippen LogP contribution in [0.15, 0.2) is 24.3 Å². The van der Waals surface area contributed by atoms with Crippen molar-refractivity contribution < 1.29 is 4.79 Å². The Hall–Kier alpha value is -1.06. The molecule has 1 aliphatic rings. The fourth-order valence-corrected chi connectivity index (χ4v) is 2.35. The molecule has 1 heterocycles. The number of rotatable bonds is 2. The van der Waals surface area contributed by atoms with Crippen LogP contribution >= 0.6 is 11.6 Å². The molecule has 0 saturated carbocycles. The Morgan fingerprint density at radius 1 is 1.59 bits per heavy atom. The molecule has 1 aliphatic heterocycles. The minimum Gasteiger partial charge on any atom is -0.337 e. The summed E-state index contributed by atoms with van der Waals surface area (Å²) in [6.07, 6.45) is 0.435. The highest BCUT2D eigenvalue weighted by molar-refractivity contribution is 6.30. The minimum atomic E-state index is 0.182. The van der Waals surface area contributed by atoms with Crippen molar-refractivity contribution in [2.24, 2.45) is 0 Å². The van der Waals surface area contributed by atoms with Gasteiger partial charge in [-0.2, -0.15) is 0 Å². The highest BCUT2D eigenvalue weighted by atomic mass is 35.5. The molecule has 1 amide bonds. The van der Waals surface area contributed by atoms with Crippen LogP contribution in [0.1, 0.15) is 12.5 Å². The van der Waals surface area contributed by atoms with Crippen molar-refractivity contribution in [2.45, 2.75) is 19.4 Å². The first-order valence-electron chi connectivity index (χ1n) is 5.91. The molecule has 1 saturated heterocycles. The Morgan fingerprint density at radius 2 is 2.41 bits per heavy atom. The van der Waals surface area contributed by atoms with Crippen molar-refractivity contribution in [3.05, 3.63) is 34.9 Å². The number of halogens is 1. The molecular weight excluding hydrogens is 236 g/mol. The van der Waals surface area contributed by atoms with Crippen LogP contribution < -0.4 is 5.32 Å². The van der Waals surface area contributed by atoms with E-state index in [2.05, 4.69) is 12.2 Å². The first kappa shape index (κ1) is 12.4. The number of benzene rings is 1. The van der Waals surface area contributed by atoms with Crippen molar-refractivity contribution in [3.63, 3.8) is 0 Å². The van der Waals surface area contributed by atoms with Gasteiger partial charge in [0.15, 0.2) is 0 Å². The van der Waals surface area contributed by atoms with Gasteiger partial charge >= 0.3 is 0 Å². The Balaban J connectivity index is 2.01. The van der Waals surface area contributed by atoms with Gasteiger partial charge in [-0.25, -0.2) is 0 Å². The maximum absolute atomic E-state index is 12.1. The van der Waals surface area contributed by atoms with E-state index in [-0.39, 0.29) is 11.9 Å². The summed E-state index contributed by atoms with van der Waals surface area (Å²) in [7, 11) is 0. The van der Waals surface area contributed by atoms with Crippen LogP contribution in [0.25, 0.3) is 0 Å². The largest absolute Gasteiger partial charge is 0.337 e. The molecule has 1 fully saturated rings. The minimum absolute atomic E-state index is 0.182. The highest BCUT2D eigenvalue weighted by Crippen LogP contribution is 2.13. The lowest BCUT2D eigenvalue weighted by Gasteiger charge is -2.34. The molecule has 17 heavy (non-hydrogen) atoms. The SMILES string of the molecule is CC1CNCCN1C(=O)Cc1cccc(Cl)c1. The molecule has 1 unspecified atom stereocenters. The van der Waals surface area contributed by atoms with E-state index in [1.807, 2.05) is 29.2 Å². The summed E-state index contributed by atoms with van der Waals surface area (Å²) < 4.78 is 0. The Bertz CT molecular complexity index is 408. The molecule has 0 aromatic heterocycles. The molecule has 0 aliphatic carbocycles. The lowest BCUT2D eigenvalue weighted by Crippen LogP contribution is -2.52. The summed E-state index contributed by atoms with van der Waals surface area (Å²) in [6.45, 7) is 4.62. The number of hydrogen-bond donors (Lipinski definition) is 1. The van der Waals surface area contributed by atoms with Crippen LogP contribution in [-0.2, 0) is 11.2 Å². The number of carbonyl (C=O) groups is 1. The normalized spacial score (nSPS) is 20.4. The fourth-order valence-electron chi connectivity index (χ4n) is 2.13. The second-order valence-corrected chi connectivity index (χ2v) is 4.88. The van der Waals surface area contributed by atoms with Crippen LogP contribution in [-0.4, -0.2) is 36.5 Å². The van der Waals surface area contributed by atoms with Crippen LogP contribution in [0.2, 0.25) is 5.02 Å². The number of nitrogens with one attached hydrogen (secondary N) is 1. The first-order chi connectivity index (χ1) is 8.16. The number of piperazine rings is 1. The topological polar surface area (TPSA) is 32.3 Å². The summed E-state index contributed by atoms with van der Waals surface area (Å²) in [6, 6.07) is 7.77. The predicted molar refractivity (Wildman–Crippen MR) is 69.2 cm³/mol. The van der Waals surface area contributed by atoms with Gasteiger partial charge < -0.3 is 10.2 Å². The van der Waals surface area contributed by atoms with Crippen LogP contribution in [0.5, 0.6) is 0 Å². The van der Waals surface area contributed by atoms with Crippen molar-refractivity contribution >= 4 is 17.5 Å². The average molecular weight is 253 g/mol. The third kappa shape index (κ3) is 3.20. The fraction of sp³-hybridized carbons (Fsp3) is 0.462. The number of carbonyl (C=O) groups excluding carboxylic acids is 1. The third-order valence-electron chi connectivity index (χ3n) is 3.07. The van der Waals surface area contributed by atoms with Gasteiger partial charge in [0.25, 0.3) is 0 Å². The van der Waals surface area contributed by atoms with Gasteiger partial charge in [0.2, 0.25) is 5.91 Å². The lowest BCUT2D eigenvalue weighted by molar-refractivity contribution is -0.133. The van der Waals surface area contributed by atoms with E-state index in [1.54, 1.807) is 0 Å². The first-order valence-corrected chi connectivity index (χ1v) is 6.29. The van der Waals surface area contributed by atoms with Gasteiger partial charge in [-0.1, -0.05) is 23.7 Å². The van der Waals surface area contributed by atoms with E-state index in [0.717, 1.165) is 25.2 Å². The molecular formula is C13H17ClN2O. The van der Waals surface area contributed by atoms with Crippen LogP contribution in [0.4, 0.5) is 0 Å². The van der Waals surface area contributed by atoms with Crippen molar-refractivity contribution in [3.8, 4) is 0 Å².